The lowest BCUT2D eigenvalue weighted by Crippen LogP contribution is -2.17. The Kier molecular flexibility index (Phi) is 3.05. The average molecular weight is 248 g/mol. The fraction of sp³-hybridized carbons (Fsp3) is 0. The molecule has 0 unspecified atom stereocenters. The monoisotopic (exact) mass is 248 g/mol. The number of carbonyl (C=O) groups excluding carboxylic acids is 1. The topological polar surface area (TPSA) is 101 Å². The van der Waals surface area contributed by atoms with Gasteiger partial charge in [-0.25, -0.2) is 9.49 Å². The second-order valence-corrected chi connectivity index (χ2v) is 3.46. The van der Waals surface area contributed by atoms with Gasteiger partial charge in [0.25, 0.3) is 11.5 Å². The highest BCUT2D eigenvalue weighted by molar-refractivity contribution is 6.07. The van der Waals surface area contributed by atoms with Gasteiger partial charge in [0.05, 0.1) is 11.3 Å². The maximum absolute atomic E-state index is 13.2. The first-order valence-corrected chi connectivity index (χ1v) is 4.99. The second kappa shape index (κ2) is 4.66. The van der Waals surface area contributed by atoms with Crippen molar-refractivity contribution in [3.63, 3.8) is 0 Å². The number of nitrogen functional groups attached to an aromatic ring is 1. The van der Waals surface area contributed by atoms with Crippen molar-refractivity contribution in [2.45, 2.75) is 0 Å². The van der Waals surface area contributed by atoms with Crippen LogP contribution in [0.5, 0.6) is 0 Å². The summed E-state index contributed by atoms with van der Waals surface area (Å²) in [4.78, 5) is 22.6. The van der Waals surface area contributed by atoms with Crippen molar-refractivity contribution in [3.8, 4) is 0 Å². The van der Waals surface area contributed by atoms with Crippen LogP contribution in [0.15, 0.2) is 35.1 Å². The molecule has 2 aromatic rings. The number of H-pyrrole nitrogens is 1. The maximum atomic E-state index is 13.2. The zero-order chi connectivity index (χ0) is 13.1. The van der Waals surface area contributed by atoms with Crippen LogP contribution in [-0.4, -0.2) is 16.1 Å². The van der Waals surface area contributed by atoms with Crippen molar-refractivity contribution in [3.05, 3.63) is 52.1 Å². The number of carbonyl (C=O) groups is 1. The highest BCUT2D eigenvalue weighted by Crippen LogP contribution is 2.16. The smallest absolute Gasteiger partial charge is 0.264 e. The molecule has 18 heavy (non-hydrogen) atoms. The van der Waals surface area contributed by atoms with Gasteiger partial charge in [-0.3, -0.25) is 9.59 Å². The molecule has 2 rings (SSSR count). The lowest BCUT2D eigenvalue weighted by atomic mass is 10.1. The van der Waals surface area contributed by atoms with Crippen LogP contribution in [0, 0.1) is 5.82 Å². The van der Waals surface area contributed by atoms with Crippen molar-refractivity contribution in [2.24, 2.45) is 0 Å². The Hall–Kier alpha value is -2.70. The number of halogens is 1. The van der Waals surface area contributed by atoms with E-state index in [0.717, 1.165) is 6.07 Å². The van der Waals surface area contributed by atoms with Gasteiger partial charge < -0.3 is 11.1 Å². The van der Waals surface area contributed by atoms with Crippen LogP contribution in [0.4, 0.5) is 15.9 Å². The fourth-order valence-corrected chi connectivity index (χ4v) is 1.33. The van der Waals surface area contributed by atoms with E-state index in [9.17, 15) is 14.0 Å². The minimum absolute atomic E-state index is 0.00278. The second-order valence-electron chi connectivity index (χ2n) is 3.46. The van der Waals surface area contributed by atoms with E-state index in [1.54, 1.807) is 0 Å². The van der Waals surface area contributed by atoms with Crippen molar-refractivity contribution >= 4 is 17.4 Å². The van der Waals surface area contributed by atoms with E-state index in [1.807, 2.05) is 0 Å². The molecule has 0 aliphatic heterocycles. The Morgan fingerprint density at radius 2 is 2.11 bits per heavy atom. The number of aromatic amines is 1. The zero-order valence-corrected chi connectivity index (χ0v) is 9.11. The molecule has 0 saturated heterocycles. The number of hydrogen-bond acceptors (Lipinski definition) is 4. The van der Waals surface area contributed by atoms with Crippen molar-refractivity contribution in [1.82, 2.24) is 10.2 Å². The first kappa shape index (κ1) is 11.8. The molecule has 0 bridgehead atoms. The molecule has 0 atom stereocenters. The number of rotatable bonds is 2. The number of aromatic nitrogens is 2. The molecule has 0 aliphatic carbocycles. The molecule has 0 spiro atoms. The number of nitrogens with two attached hydrogens (primary N) is 1. The summed E-state index contributed by atoms with van der Waals surface area (Å²) in [6, 6.07) is 6.45. The summed E-state index contributed by atoms with van der Waals surface area (Å²) in [7, 11) is 0. The van der Waals surface area contributed by atoms with Crippen LogP contribution in [-0.2, 0) is 0 Å². The number of amides is 1. The van der Waals surface area contributed by atoms with Gasteiger partial charge in [0, 0.05) is 6.07 Å². The van der Waals surface area contributed by atoms with Gasteiger partial charge in [-0.05, 0) is 18.2 Å². The quantitative estimate of drug-likeness (QED) is 0.682. The molecule has 92 valence electrons. The summed E-state index contributed by atoms with van der Waals surface area (Å²) in [5.74, 6) is -1.13. The molecular weight excluding hydrogens is 239 g/mol. The van der Waals surface area contributed by atoms with E-state index in [2.05, 4.69) is 15.5 Å². The summed E-state index contributed by atoms with van der Waals surface area (Å²) in [5.41, 5.74) is 4.82. The third kappa shape index (κ3) is 2.34. The summed E-state index contributed by atoms with van der Waals surface area (Å²) >= 11 is 0. The Labute approximate surface area is 101 Å². The maximum Gasteiger partial charge on any atom is 0.264 e. The summed E-state index contributed by atoms with van der Waals surface area (Å²) in [6.45, 7) is 0. The molecule has 7 heteroatoms. The van der Waals surface area contributed by atoms with Gasteiger partial charge in [0.15, 0.2) is 5.82 Å². The molecule has 1 aromatic heterocycles. The summed E-state index contributed by atoms with van der Waals surface area (Å²) < 4.78 is 13.2. The third-order valence-electron chi connectivity index (χ3n) is 2.22. The van der Waals surface area contributed by atoms with E-state index in [4.69, 9.17) is 5.73 Å². The number of nitrogens with zero attached hydrogens (tertiary/aromatic N) is 1. The minimum Gasteiger partial charge on any atom is -0.396 e. The first-order chi connectivity index (χ1) is 8.58. The number of nitrogens with one attached hydrogen (secondary N) is 2. The van der Waals surface area contributed by atoms with Gasteiger partial charge in [0.2, 0.25) is 0 Å². The molecule has 1 heterocycles. The molecule has 0 aliphatic rings. The van der Waals surface area contributed by atoms with E-state index < -0.39 is 17.3 Å². The number of anilines is 2. The minimum atomic E-state index is -0.669. The SMILES string of the molecule is Nc1c(F)cccc1C(=O)Nc1ccc(=O)[nH]n1. The van der Waals surface area contributed by atoms with Crippen molar-refractivity contribution in [1.29, 1.82) is 0 Å². The largest absolute Gasteiger partial charge is 0.396 e. The van der Waals surface area contributed by atoms with E-state index in [0.29, 0.717) is 0 Å². The Morgan fingerprint density at radius 1 is 1.33 bits per heavy atom. The molecule has 4 N–H and O–H groups in total. The molecule has 1 aromatic carbocycles. The van der Waals surface area contributed by atoms with E-state index in [1.165, 1.54) is 24.3 Å². The average Bonchev–Trinajstić information content (AvgIpc) is 2.35. The molecular formula is C11H9FN4O2. The van der Waals surface area contributed by atoms with Crippen LogP contribution in [0.25, 0.3) is 0 Å². The van der Waals surface area contributed by atoms with Crippen molar-refractivity contribution in [2.75, 3.05) is 11.1 Å². The normalized spacial score (nSPS) is 10.1. The summed E-state index contributed by atoms with van der Waals surface area (Å²) in [6.07, 6.45) is 0. The van der Waals surface area contributed by atoms with Gasteiger partial charge in [0.1, 0.15) is 5.82 Å². The standard InChI is InChI=1S/C11H9FN4O2/c12-7-3-1-2-6(10(7)13)11(18)14-8-4-5-9(17)16-15-8/h1-5H,13H2,(H,16,17)(H,14,15,18). The summed E-state index contributed by atoms with van der Waals surface area (Å²) in [5, 5.41) is 8.14. The van der Waals surface area contributed by atoms with Crippen LogP contribution in [0.3, 0.4) is 0 Å². The predicted octanol–water partition coefficient (Wildman–Crippen LogP) is 0.744. The van der Waals surface area contributed by atoms with Crippen molar-refractivity contribution < 1.29 is 9.18 Å². The van der Waals surface area contributed by atoms with Gasteiger partial charge in [-0.1, -0.05) is 6.07 Å². The van der Waals surface area contributed by atoms with E-state index in [-0.39, 0.29) is 17.1 Å². The van der Waals surface area contributed by atoms with Gasteiger partial charge in [-0.15, -0.1) is 0 Å². The highest BCUT2D eigenvalue weighted by atomic mass is 19.1. The third-order valence-corrected chi connectivity index (χ3v) is 2.22. The van der Waals surface area contributed by atoms with Gasteiger partial charge in [-0.2, -0.15) is 5.10 Å². The number of benzene rings is 1. The molecule has 0 saturated carbocycles. The van der Waals surface area contributed by atoms with Crippen LogP contribution in [0.1, 0.15) is 10.4 Å². The molecule has 1 amide bonds. The predicted molar refractivity (Wildman–Crippen MR) is 63.6 cm³/mol. The number of hydrogen-bond donors (Lipinski definition) is 3. The van der Waals surface area contributed by atoms with Gasteiger partial charge >= 0.3 is 0 Å². The lowest BCUT2D eigenvalue weighted by Gasteiger charge is -2.06. The van der Waals surface area contributed by atoms with E-state index >= 15 is 0 Å². The van der Waals surface area contributed by atoms with Crippen LogP contribution >= 0.6 is 0 Å². The Morgan fingerprint density at radius 3 is 2.78 bits per heavy atom. The fourth-order valence-electron chi connectivity index (χ4n) is 1.33. The Bertz CT molecular complexity index is 633. The molecule has 6 nitrogen and oxygen atoms in total. The lowest BCUT2D eigenvalue weighted by molar-refractivity contribution is 0.102. The molecule has 0 fully saturated rings. The highest BCUT2D eigenvalue weighted by Gasteiger charge is 2.13. The van der Waals surface area contributed by atoms with Crippen LogP contribution < -0.4 is 16.6 Å². The number of para-hydroxylation sites is 1. The first-order valence-electron chi connectivity index (χ1n) is 4.99. The zero-order valence-electron chi connectivity index (χ0n) is 9.11. The van der Waals surface area contributed by atoms with Crippen LogP contribution in [0.2, 0.25) is 0 Å². The molecule has 0 radical (unpaired) electrons. The Balaban J connectivity index is 2.24.